The molecule has 2 rings (SSSR count). The van der Waals surface area contributed by atoms with Crippen LogP contribution in [0.1, 0.15) is 73.6 Å². The van der Waals surface area contributed by atoms with Gasteiger partial charge in [-0.15, -0.1) is 0 Å². The zero-order chi connectivity index (χ0) is 17.0. The summed E-state index contributed by atoms with van der Waals surface area (Å²) in [6.45, 7) is 4.46. The van der Waals surface area contributed by atoms with Crippen molar-refractivity contribution in [1.82, 2.24) is 0 Å². The Morgan fingerprint density at radius 1 is 0.458 bits per heavy atom. The molecule has 0 aromatic heterocycles. The maximum atomic E-state index is 2.28. The first kappa shape index (κ1) is 18.8. The average Bonchev–Trinajstić information content (AvgIpc) is 2.59. The molecule has 0 N–H and O–H groups in total. The van der Waals surface area contributed by atoms with Gasteiger partial charge in [0.1, 0.15) is 0 Å². The molecular formula is C24H34. The Morgan fingerprint density at radius 2 is 0.792 bits per heavy atom. The highest BCUT2D eigenvalue weighted by molar-refractivity contribution is 5.26. The fourth-order valence-corrected chi connectivity index (χ4v) is 3.47. The van der Waals surface area contributed by atoms with Gasteiger partial charge in [-0.3, -0.25) is 0 Å². The summed E-state index contributed by atoms with van der Waals surface area (Å²) in [5, 5.41) is 0. The van der Waals surface area contributed by atoms with Gasteiger partial charge in [-0.05, 0) is 61.8 Å². The lowest BCUT2D eigenvalue weighted by Gasteiger charge is -2.06. The minimum atomic E-state index is 1.25. The van der Waals surface area contributed by atoms with Crippen molar-refractivity contribution in [3.05, 3.63) is 70.8 Å². The molecule has 24 heavy (non-hydrogen) atoms. The summed E-state index contributed by atoms with van der Waals surface area (Å²) in [5.74, 6) is 0. The predicted molar refractivity (Wildman–Crippen MR) is 107 cm³/mol. The van der Waals surface area contributed by atoms with E-state index in [4.69, 9.17) is 0 Å². The summed E-state index contributed by atoms with van der Waals surface area (Å²) in [4.78, 5) is 0. The lowest BCUT2D eigenvalue weighted by atomic mass is 10.00. The van der Waals surface area contributed by atoms with Crippen molar-refractivity contribution in [2.75, 3.05) is 0 Å². The Bertz CT molecular complexity index is 529. The average molecular weight is 323 g/mol. The van der Waals surface area contributed by atoms with Crippen LogP contribution in [0.5, 0.6) is 0 Å². The second-order valence-corrected chi connectivity index (χ2v) is 7.18. The van der Waals surface area contributed by atoms with Gasteiger partial charge in [-0.25, -0.2) is 0 Å². The number of rotatable bonds is 11. The number of benzene rings is 2. The van der Waals surface area contributed by atoms with Crippen LogP contribution < -0.4 is 0 Å². The maximum absolute atomic E-state index is 2.28. The molecule has 0 fully saturated rings. The van der Waals surface area contributed by atoms with Crippen LogP contribution in [0.4, 0.5) is 0 Å². The largest absolute Gasteiger partial charge is 0.0620 e. The highest BCUT2D eigenvalue weighted by Crippen LogP contribution is 2.15. The van der Waals surface area contributed by atoms with Gasteiger partial charge < -0.3 is 0 Å². The fourth-order valence-electron chi connectivity index (χ4n) is 3.47. The molecular weight excluding hydrogens is 288 g/mol. The molecule has 0 heteroatoms. The molecule has 0 unspecified atom stereocenters. The van der Waals surface area contributed by atoms with Crippen LogP contribution in [0.15, 0.2) is 48.5 Å². The molecule has 0 aliphatic rings. The smallest absolute Gasteiger partial charge is 0.0276 e. The van der Waals surface area contributed by atoms with E-state index in [2.05, 4.69) is 62.4 Å². The van der Waals surface area contributed by atoms with E-state index in [9.17, 15) is 0 Å². The molecule has 130 valence electrons. The first-order chi connectivity index (χ1) is 11.8. The molecule has 0 saturated heterocycles. The molecule has 0 saturated carbocycles. The van der Waals surface area contributed by atoms with Crippen LogP contribution in [0.3, 0.4) is 0 Å². The molecule has 0 heterocycles. The second-order valence-electron chi connectivity index (χ2n) is 7.18. The quantitative estimate of drug-likeness (QED) is 0.383. The van der Waals surface area contributed by atoms with E-state index in [0.29, 0.717) is 0 Å². The van der Waals surface area contributed by atoms with Crippen LogP contribution in [-0.4, -0.2) is 0 Å². The number of hydrogen-bond acceptors (Lipinski definition) is 0. The van der Waals surface area contributed by atoms with Gasteiger partial charge in [0.05, 0.1) is 0 Å². The lowest BCUT2D eigenvalue weighted by molar-refractivity contribution is 0.567. The summed E-state index contributed by atoms with van der Waals surface area (Å²) in [6.07, 6.45) is 13.6. The maximum Gasteiger partial charge on any atom is -0.0276 e. The van der Waals surface area contributed by atoms with Crippen molar-refractivity contribution >= 4 is 0 Å². The predicted octanol–water partition coefficient (Wildman–Crippen LogP) is 7.21. The summed E-state index contributed by atoms with van der Waals surface area (Å²) in [7, 11) is 0. The summed E-state index contributed by atoms with van der Waals surface area (Å²) < 4.78 is 0. The molecule has 0 aliphatic heterocycles. The third-order valence-electron chi connectivity index (χ3n) is 5.16. The van der Waals surface area contributed by atoms with Crippen LogP contribution in [0.2, 0.25) is 0 Å². The van der Waals surface area contributed by atoms with Crippen molar-refractivity contribution < 1.29 is 0 Å². The molecule has 0 atom stereocenters. The minimum absolute atomic E-state index is 1.25. The first-order valence-electron chi connectivity index (χ1n) is 9.86. The fraction of sp³-hybridized carbons (Fsp3) is 0.500. The van der Waals surface area contributed by atoms with E-state index >= 15 is 0 Å². The standard InChI is InChI=1S/C24H34/c1-21-15-11-13-19-23(21)17-9-7-5-3-4-6-8-10-18-24-20-14-12-16-22(24)2/h11-16,19-20H,3-10,17-18H2,1-2H3. The van der Waals surface area contributed by atoms with Crippen molar-refractivity contribution in [1.29, 1.82) is 0 Å². The molecule has 0 amide bonds. The van der Waals surface area contributed by atoms with Gasteiger partial charge in [0.25, 0.3) is 0 Å². The van der Waals surface area contributed by atoms with Crippen molar-refractivity contribution in [3.8, 4) is 0 Å². The van der Waals surface area contributed by atoms with E-state index < -0.39 is 0 Å². The van der Waals surface area contributed by atoms with Gasteiger partial charge >= 0.3 is 0 Å². The highest BCUT2D eigenvalue weighted by atomic mass is 14.0. The van der Waals surface area contributed by atoms with Crippen molar-refractivity contribution in [3.63, 3.8) is 0 Å². The van der Waals surface area contributed by atoms with E-state index in [-0.39, 0.29) is 0 Å². The molecule has 0 spiro atoms. The van der Waals surface area contributed by atoms with E-state index in [1.54, 1.807) is 0 Å². The third kappa shape index (κ3) is 6.91. The second kappa shape index (κ2) is 11.1. The number of hydrogen-bond donors (Lipinski definition) is 0. The Kier molecular flexibility index (Phi) is 8.66. The van der Waals surface area contributed by atoms with Gasteiger partial charge in [0.15, 0.2) is 0 Å². The molecule has 2 aromatic carbocycles. The molecule has 2 aromatic rings. The molecule has 0 bridgehead atoms. The summed E-state index contributed by atoms with van der Waals surface area (Å²) >= 11 is 0. The number of aryl methyl sites for hydroxylation is 4. The summed E-state index contributed by atoms with van der Waals surface area (Å²) in [5.41, 5.74) is 5.97. The Labute approximate surface area is 149 Å². The van der Waals surface area contributed by atoms with Crippen molar-refractivity contribution in [2.24, 2.45) is 0 Å². The monoisotopic (exact) mass is 322 g/mol. The van der Waals surface area contributed by atoms with Gasteiger partial charge in [-0.2, -0.15) is 0 Å². The zero-order valence-electron chi connectivity index (χ0n) is 15.7. The third-order valence-corrected chi connectivity index (χ3v) is 5.16. The van der Waals surface area contributed by atoms with E-state index in [0.717, 1.165) is 0 Å². The lowest BCUT2D eigenvalue weighted by Crippen LogP contribution is -1.90. The van der Waals surface area contributed by atoms with Crippen molar-refractivity contribution in [2.45, 2.75) is 78.1 Å². The van der Waals surface area contributed by atoms with Gasteiger partial charge in [0, 0.05) is 0 Å². The SMILES string of the molecule is Cc1ccccc1CCCCCCCCCCc1ccccc1C. The van der Waals surface area contributed by atoms with Gasteiger partial charge in [0.2, 0.25) is 0 Å². The molecule has 0 radical (unpaired) electrons. The molecule has 0 nitrogen and oxygen atoms in total. The minimum Gasteiger partial charge on any atom is -0.0620 e. The first-order valence-corrected chi connectivity index (χ1v) is 9.86. The Balaban J connectivity index is 1.43. The highest BCUT2D eigenvalue weighted by Gasteiger charge is 1.99. The zero-order valence-corrected chi connectivity index (χ0v) is 15.7. The van der Waals surface area contributed by atoms with Crippen LogP contribution in [0, 0.1) is 13.8 Å². The topological polar surface area (TPSA) is 0 Å². The van der Waals surface area contributed by atoms with Crippen LogP contribution >= 0.6 is 0 Å². The number of unbranched alkanes of at least 4 members (excludes halogenated alkanes) is 7. The summed E-state index contributed by atoms with van der Waals surface area (Å²) in [6, 6.07) is 17.6. The normalized spacial score (nSPS) is 10.9. The van der Waals surface area contributed by atoms with E-state index in [1.807, 2.05) is 0 Å². The molecule has 0 aliphatic carbocycles. The Hall–Kier alpha value is -1.56. The van der Waals surface area contributed by atoms with Crippen LogP contribution in [0.25, 0.3) is 0 Å². The van der Waals surface area contributed by atoms with E-state index in [1.165, 1.54) is 86.5 Å². The van der Waals surface area contributed by atoms with Crippen LogP contribution in [-0.2, 0) is 12.8 Å². The Morgan fingerprint density at radius 3 is 1.17 bits per heavy atom. The van der Waals surface area contributed by atoms with Gasteiger partial charge in [-0.1, -0.05) is 87.1 Å².